The van der Waals surface area contributed by atoms with Crippen LogP contribution in [0.4, 0.5) is 0 Å². The van der Waals surface area contributed by atoms with E-state index in [1.165, 1.54) is 16.7 Å². The number of hydrogen-bond acceptors (Lipinski definition) is 5. The predicted molar refractivity (Wildman–Crippen MR) is 83.3 cm³/mol. The summed E-state index contributed by atoms with van der Waals surface area (Å²) in [5.41, 5.74) is 4.02. The van der Waals surface area contributed by atoms with Crippen LogP contribution in [0, 0.1) is 0 Å². The molecule has 2 heterocycles. The number of aromatic nitrogens is 1. The van der Waals surface area contributed by atoms with Gasteiger partial charge in [-0.15, -0.1) is 0 Å². The van der Waals surface area contributed by atoms with Crippen molar-refractivity contribution in [3.8, 4) is 0 Å². The van der Waals surface area contributed by atoms with Crippen molar-refractivity contribution in [1.82, 2.24) is 14.8 Å². The van der Waals surface area contributed by atoms with E-state index < -0.39 is 0 Å². The van der Waals surface area contributed by atoms with Crippen molar-refractivity contribution in [1.29, 1.82) is 0 Å². The Morgan fingerprint density at radius 2 is 2.14 bits per heavy atom. The standard InChI is InChI=1S/C16H27N3O2/c1-18(2)6-9-21-13-15-11-17-10-14-12-19(7-8-20-3)5-4-16(14)15/h10-11H,4-9,12-13H2,1-3H3. The van der Waals surface area contributed by atoms with Crippen molar-refractivity contribution in [3.05, 3.63) is 29.1 Å². The number of methoxy groups -OCH3 is 1. The van der Waals surface area contributed by atoms with Crippen LogP contribution in [0.25, 0.3) is 0 Å². The SMILES string of the molecule is COCCN1CCc2c(COCCN(C)C)cncc2C1. The van der Waals surface area contributed by atoms with Crippen LogP contribution in [0.2, 0.25) is 0 Å². The molecule has 0 bridgehead atoms. The van der Waals surface area contributed by atoms with E-state index in [1.807, 2.05) is 12.4 Å². The normalized spacial score (nSPS) is 15.4. The summed E-state index contributed by atoms with van der Waals surface area (Å²) < 4.78 is 10.9. The van der Waals surface area contributed by atoms with Crippen LogP contribution in [0.1, 0.15) is 16.7 Å². The first-order valence-corrected chi connectivity index (χ1v) is 7.59. The maximum Gasteiger partial charge on any atom is 0.0735 e. The number of ether oxygens (including phenoxy) is 2. The maximum absolute atomic E-state index is 5.77. The molecule has 0 saturated carbocycles. The van der Waals surface area contributed by atoms with Crippen molar-refractivity contribution < 1.29 is 9.47 Å². The van der Waals surface area contributed by atoms with Gasteiger partial charge < -0.3 is 14.4 Å². The summed E-state index contributed by atoms with van der Waals surface area (Å²) in [7, 11) is 5.87. The fourth-order valence-electron chi connectivity index (χ4n) is 2.59. The predicted octanol–water partition coefficient (Wildman–Crippen LogP) is 1.16. The Morgan fingerprint density at radius 3 is 2.90 bits per heavy atom. The molecule has 0 N–H and O–H groups in total. The molecule has 0 radical (unpaired) electrons. The second-order valence-electron chi connectivity index (χ2n) is 5.81. The van der Waals surface area contributed by atoms with Gasteiger partial charge in [-0.25, -0.2) is 0 Å². The lowest BCUT2D eigenvalue weighted by Crippen LogP contribution is -2.33. The van der Waals surface area contributed by atoms with Gasteiger partial charge in [-0.05, 0) is 37.2 Å². The molecular weight excluding hydrogens is 266 g/mol. The molecular formula is C16H27N3O2. The van der Waals surface area contributed by atoms with Crippen molar-refractivity contribution in [3.63, 3.8) is 0 Å². The van der Waals surface area contributed by atoms with Crippen molar-refractivity contribution in [2.75, 3.05) is 54.1 Å². The van der Waals surface area contributed by atoms with E-state index in [-0.39, 0.29) is 0 Å². The first-order valence-electron chi connectivity index (χ1n) is 7.59. The van der Waals surface area contributed by atoms with Gasteiger partial charge in [0.25, 0.3) is 0 Å². The minimum absolute atomic E-state index is 0.669. The molecule has 0 fully saturated rings. The van der Waals surface area contributed by atoms with Crippen molar-refractivity contribution >= 4 is 0 Å². The first-order chi connectivity index (χ1) is 10.2. The summed E-state index contributed by atoms with van der Waals surface area (Å²) >= 11 is 0. The fraction of sp³-hybridized carbons (Fsp3) is 0.688. The molecule has 0 amide bonds. The van der Waals surface area contributed by atoms with Gasteiger partial charge in [0.05, 0.1) is 19.8 Å². The monoisotopic (exact) mass is 293 g/mol. The van der Waals surface area contributed by atoms with Crippen molar-refractivity contribution in [2.45, 2.75) is 19.6 Å². The maximum atomic E-state index is 5.77. The Bertz CT molecular complexity index is 438. The highest BCUT2D eigenvalue weighted by Gasteiger charge is 2.18. The molecule has 118 valence electrons. The topological polar surface area (TPSA) is 37.8 Å². The average molecular weight is 293 g/mol. The number of pyridine rings is 1. The van der Waals surface area contributed by atoms with E-state index in [1.54, 1.807) is 7.11 Å². The molecule has 21 heavy (non-hydrogen) atoms. The van der Waals surface area contributed by atoms with Gasteiger partial charge in [-0.3, -0.25) is 9.88 Å². The van der Waals surface area contributed by atoms with Crippen molar-refractivity contribution in [2.24, 2.45) is 0 Å². The van der Waals surface area contributed by atoms with Crippen LogP contribution < -0.4 is 0 Å². The summed E-state index contributed by atoms with van der Waals surface area (Å²) in [4.78, 5) is 8.93. The zero-order valence-electron chi connectivity index (χ0n) is 13.5. The van der Waals surface area contributed by atoms with Crippen LogP contribution in [0.5, 0.6) is 0 Å². The molecule has 2 rings (SSSR count). The van der Waals surface area contributed by atoms with Gasteiger partial charge >= 0.3 is 0 Å². The number of rotatable bonds is 8. The third-order valence-electron chi connectivity index (χ3n) is 3.86. The molecule has 1 aliphatic rings. The summed E-state index contributed by atoms with van der Waals surface area (Å²) in [6.45, 7) is 6.21. The molecule has 1 aromatic rings. The van der Waals surface area contributed by atoms with Gasteiger partial charge in [0, 0.05) is 45.7 Å². The molecule has 0 spiro atoms. The van der Waals surface area contributed by atoms with Crippen LogP contribution in [0.3, 0.4) is 0 Å². The van der Waals surface area contributed by atoms with Gasteiger partial charge in [-0.1, -0.05) is 0 Å². The molecule has 1 aromatic heterocycles. The van der Waals surface area contributed by atoms with Crippen LogP contribution >= 0.6 is 0 Å². The highest BCUT2D eigenvalue weighted by atomic mass is 16.5. The molecule has 0 saturated heterocycles. The third kappa shape index (κ3) is 5.04. The second kappa shape index (κ2) is 8.44. The van der Waals surface area contributed by atoms with E-state index >= 15 is 0 Å². The van der Waals surface area contributed by atoms with E-state index in [2.05, 4.69) is 28.9 Å². The average Bonchev–Trinajstić information content (AvgIpc) is 2.49. The van der Waals surface area contributed by atoms with Crippen LogP contribution in [0.15, 0.2) is 12.4 Å². The van der Waals surface area contributed by atoms with Crippen LogP contribution in [-0.4, -0.2) is 68.8 Å². The number of hydrogen-bond donors (Lipinski definition) is 0. The first kappa shape index (κ1) is 16.4. The Labute approximate surface area is 127 Å². The molecule has 1 aliphatic heterocycles. The van der Waals surface area contributed by atoms with E-state index in [4.69, 9.17) is 9.47 Å². The number of fused-ring (bicyclic) bond motifs is 1. The largest absolute Gasteiger partial charge is 0.383 e. The quantitative estimate of drug-likeness (QED) is 0.673. The molecule has 0 aromatic carbocycles. The summed E-state index contributed by atoms with van der Waals surface area (Å²) in [6.07, 6.45) is 5.03. The van der Waals surface area contributed by atoms with E-state index in [0.29, 0.717) is 6.61 Å². The Balaban J connectivity index is 1.90. The lowest BCUT2D eigenvalue weighted by molar-refractivity contribution is 0.104. The number of likely N-dealkylation sites (N-methyl/N-ethyl adjacent to an activating group) is 1. The second-order valence-corrected chi connectivity index (χ2v) is 5.81. The summed E-state index contributed by atoms with van der Waals surface area (Å²) in [6, 6.07) is 0. The van der Waals surface area contributed by atoms with Crippen LogP contribution in [-0.2, 0) is 29.0 Å². The Morgan fingerprint density at radius 1 is 1.29 bits per heavy atom. The van der Waals surface area contributed by atoms with Gasteiger partial charge in [0.1, 0.15) is 0 Å². The molecule has 0 unspecified atom stereocenters. The number of nitrogens with zero attached hydrogens (tertiary/aromatic N) is 3. The smallest absolute Gasteiger partial charge is 0.0735 e. The Kier molecular flexibility index (Phi) is 6.57. The zero-order valence-corrected chi connectivity index (χ0v) is 13.5. The highest BCUT2D eigenvalue weighted by molar-refractivity contribution is 5.33. The fourth-order valence-corrected chi connectivity index (χ4v) is 2.59. The minimum Gasteiger partial charge on any atom is -0.383 e. The molecule has 0 atom stereocenters. The van der Waals surface area contributed by atoms with E-state index in [9.17, 15) is 0 Å². The van der Waals surface area contributed by atoms with Gasteiger partial charge in [0.15, 0.2) is 0 Å². The van der Waals surface area contributed by atoms with E-state index in [0.717, 1.165) is 45.8 Å². The summed E-state index contributed by atoms with van der Waals surface area (Å²) in [5.74, 6) is 0. The summed E-state index contributed by atoms with van der Waals surface area (Å²) in [5, 5.41) is 0. The van der Waals surface area contributed by atoms with Gasteiger partial charge in [-0.2, -0.15) is 0 Å². The zero-order chi connectivity index (χ0) is 15.1. The molecule has 5 nitrogen and oxygen atoms in total. The minimum atomic E-state index is 0.669. The molecule has 0 aliphatic carbocycles. The highest BCUT2D eigenvalue weighted by Crippen LogP contribution is 2.22. The lowest BCUT2D eigenvalue weighted by Gasteiger charge is -2.29. The Hall–Kier alpha value is -1.01. The van der Waals surface area contributed by atoms with Gasteiger partial charge in [0.2, 0.25) is 0 Å². The third-order valence-corrected chi connectivity index (χ3v) is 3.86. The molecule has 5 heteroatoms. The lowest BCUT2D eigenvalue weighted by atomic mass is 9.97.